The fourth-order valence-corrected chi connectivity index (χ4v) is 10.7. The maximum atomic E-state index is 12.5. The molecule has 0 aliphatic heterocycles. The number of hydrogen-bond acceptors (Lipinski definition) is 6. The van der Waals surface area contributed by atoms with Gasteiger partial charge in [-0.05, 0) is 135 Å². The van der Waals surface area contributed by atoms with Gasteiger partial charge in [0.1, 0.15) is 0 Å². The monoisotopic (exact) mass is 608 g/mol. The Hall–Kier alpha value is -2.05. The lowest BCUT2D eigenvalue weighted by Crippen LogP contribution is -2.51. The van der Waals surface area contributed by atoms with Crippen molar-refractivity contribution in [3.8, 4) is 0 Å². The molecule has 0 saturated heterocycles. The second kappa shape index (κ2) is 13.7. The number of benzene rings is 1. The lowest BCUT2D eigenvalue weighted by atomic mass is 9.46. The zero-order valence-electron chi connectivity index (χ0n) is 28.2. The van der Waals surface area contributed by atoms with Crippen LogP contribution in [0.4, 0.5) is 11.4 Å². The van der Waals surface area contributed by atoms with E-state index in [2.05, 4.69) is 40.7 Å². The molecular weight excluding hydrogens is 548 g/mol. The van der Waals surface area contributed by atoms with Crippen molar-refractivity contribution in [2.75, 3.05) is 18.1 Å². The summed E-state index contributed by atoms with van der Waals surface area (Å²) < 4.78 is 5.48. The van der Waals surface area contributed by atoms with Crippen LogP contribution in [0.5, 0.6) is 0 Å². The summed E-state index contributed by atoms with van der Waals surface area (Å²) in [5.41, 5.74) is 15.3. The van der Waals surface area contributed by atoms with Gasteiger partial charge in [0.15, 0.2) is 0 Å². The van der Waals surface area contributed by atoms with Gasteiger partial charge in [0, 0.05) is 11.4 Å². The van der Waals surface area contributed by atoms with Crippen molar-refractivity contribution < 1.29 is 19.7 Å². The van der Waals surface area contributed by atoms with E-state index in [1.807, 2.05) is 0 Å². The Bertz CT molecular complexity index is 1160. The molecule has 6 nitrogen and oxygen atoms in total. The Morgan fingerprint density at radius 2 is 1.70 bits per heavy atom. The second-order valence-electron chi connectivity index (χ2n) is 16.1. The van der Waals surface area contributed by atoms with Crippen LogP contribution in [0.2, 0.25) is 0 Å². The minimum atomic E-state index is -0.432. The average Bonchev–Trinajstić information content (AvgIpc) is 3.33. The Labute approximate surface area is 266 Å². The first-order valence-corrected chi connectivity index (χ1v) is 17.8. The SMILES string of the molecule is CC(C)CCCC(C)C1CCC2C3CC=C4CC(C(CCCOC(=O)c5cc(N)cc(N)c5)OO)CCC4(C)C3CCC12C. The number of fused-ring (bicyclic) bond motifs is 5. The summed E-state index contributed by atoms with van der Waals surface area (Å²) in [6, 6.07) is 4.77. The first-order chi connectivity index (χ1) is 21.0. The molecule has 0 aromatic heterocycles. The van der Waals surface area contributed by atoms with E-state index in [0.717, 1.165) is 48.3 Å². The van der Waals surface area contributed by atoms with E-state index in [9.17, 15) is 10.1 Å². The second-order valence-corrected chi connectivity index (χ2v) is 16.1. The number of allylic oxidation sites excluding steroid dienone is 2. The van der Waals surface area contributed by atoms with Crippen LogP contribution in [0.3, 0.4) is 0 Å². The van der Waals surface area contributed by atoms with E-state index in [4.69, 9.17) is 21.1 Å². The molecule has 5 N–H and O–H groups in total. The molecule has 0 heterocycles. The van der Waals surface area contributed by atoms with Gasteiger partial charge >= 0.3 is 5.97 Å². The van der Waals surface area contributed by atoms with Gasteiger partial charge in [-0.1, -0.05) is 65.5 Å². The van der Waals surface area contributed by atoms with Gasteiger partial charge in [0.05, 0.1) is 18.3 Å². The van der Waals surface area contributed by atoms with E-state index in [-0.39, 0.29) is 24.0 Å². The average molecular weight is 609 g/mol. The van der Waals surface area contributed by atoms with Gasteiger partial charge in [-0.25, -0.2) is 9.68 Å². The highest BCUT2D eigenvalue weighted by Crippen LogP contribution is 2.67. The van der Waals surface area contributed by atoms with Crippen molar-refractivity contribution in [1.29, 1.82) is 0 Å². The Morgan fingerprint density at radius 1 is 0.955 bits per heavy atom. The Kier molecular flexibility index (Phi) is 10.4. The number of esters is 1. The van der Waals surface area contributed by atoms with E-state index in [1.165, 1.54) is 57.8 Å². The lowest BCUT2D eigenvalue weighted by Gasteiger charge is -2.59. The number of nitrogen functional groups attached to an aromatic ring is 2. The summed E-state index contributed by atoms with van der Waals surface area (Å²) in [6.07, 6.45) is 17.9. The molecular formula is C38H60N2O4. The molecule has 0 spiro atoms. The topological polar surface area (TPSA) is 108 Å². The van der Waals surface area contributed by atoms with Crippen molar-refractivity contribution >= 4 is 17.3 Å². The van der Waals surface area contributed by atoms with Crippen LogP contribution in [-0.2, 0) is 9.62 Å². The third-order valence-electron chi connectivity index (χ3n) is 13.1. The van der Waals surface area contributed by atoms with Crippen LogP contribution in [-0.4, -0.2) is 23.9 Å². The van der Waals surface area contributed by atoms with Gasteiger partial charge in [0.2, 0.25) is 0 Å². The van der Waals surface area contributed by atoms with Crippen molar-refractivity contribution in [1.82, 2.24) is 0 Å². The normalized spacial score (nSPS) is 34.4. The summed E-state index contributed by atoms with van der Waals surface area (Å²) in [6.45, 7) is 12.8. The van der Waals surface area contributed by atoms with Crippen LogP contribution < -0.4 is 11.5 Å². The summed E-state index contributed by atoms with van der Waals surface area (Å²) in [5.74, 6) is 4.87. The van der Waals surface area contributed by atoms with Crippen LogP contribution in [0.15, 0.2) is 29.8 Å². The van der Waals surface area contributed by atoms with Crippen molar-refractivity contribution in [2.45, 2.75) is 124 Å². The molecule has 9 atom stereocenters. The van der Waals surface area contributed by atoms with Crippen LogP contribution in [0, 0.1) is 52.3 Å². The zero-order chi connectivity index (χ0) is 31.6. The first-order valence-electron chi connectivity index (χ1n) is 17.8. The fourth-order valence-electron chi connectivity index (χ4n) is 10.7. The number of rotatable bonds is 12. The highest BCUT2D eigenvalue weighted by molar-refractivity contribution is 5.91. The van der Waals surface area contributed by atoms with Gasteiger partial charge in [-0.15, -0.1) is 0 Å². The zero-order valence-corrected chi connectivity index (χ0v) is 28.2. The molecule has 246 valence electrons. The molecule has 0 radical (unpaired) electrons. The van der Waals surface area contributed by atoms with Gasteiger partial charge in [0.25, 0.3) is 0 Å². The molecule has 0 bridgehead atoms. The number of ether oxygens (including phenoxy) is 1. The third kappa shape index (κ3) is 6.72. The van der Waals surface area contributed by atoms with E-state index < -0.39 is 5.97 Å². The molecule has 5 rings (SSSR count). The largest absolute Gasteiger partial charge is 0.462 e. The molecule has 3 fully saturated rings. The van der Waals surface area contributed by atoms with Crippen molar-refractivity contribution in [3.63, 3.8) is 0 Å². The molecule has 6 heteroatoms. The summed E-state index contributed by atoms with van der Waals surface area (Å²) >= 11 is 0. The first kappa shape index (κ1) is 33.3. The summed E-state index contributed by atoms with van der Waals surface area (Å²) in [4.78, 5) is 17.5. The molecule has 3 saturated carbocycles. The van der Waals surface area contributed by atoms with Crippen LogP contribution in [0.1, 0.15) is 128 Å². The Morgan fingerprint density at radius 3 is 2.41 bits per heavy atom. The number of nitrogens with two attached hydrogens (primary N) is 2. The van der Waals surface area contributed by atoms with Crippen molar-refractivity contribution in [3.05, 3.63) is 35.4 Å². The highest BCUT2D eigenvalue weighted by atomic mass is 17.1. The third-order valence-corrected chi connectivity index (χ3v) is 13.1. The van der Waals surface area contributed by atoms with E-state index in [1.54, 1.807) is 23.8 Å². The molecule has 1 aromatic rings. The number of carbonyl (C=O) groups excluding carboxylic acids is 1. The smallest absolute Gasteiger partial charge is 0.338 e. The number of carbonyl (C=O) groups is 1. The molecule has 0 amide bonds. The van der Waals surface area contributed by atoms with Crippen LogP contribution in [0.25, 0.3) is 0 Å². The quantitative estimate of drug-likeness (QED) is 0.0545. The maximum absolute atomic E-state index is 12.5. The summed E-state index contributed by atoms with van der Waals surface area (Å²) in [7, 11) is 0. The lowest BCUT2D eigenvalue weighted by molar-refractivity contribution is -0.293. The van der Waals surface area contributed by atoms with Gasteiger partial charge < -0.3 is 16.2 Å². The van der Waals surface area contributed by atoms with Gasteiger partial charge in [-0.2, -0.15) is 0 Å². The maximum Gasteiger partial charge on any atom is 0.338 e. The highest BCUT2D eigenvalue weighted by Gasteiger charge is 2.59. The van der Waals surface area contributed by atoms with Crippen molar-refractivity contribution in [2.24, 2.45) is 52.3 Å². The van der Waals surface area contributed by atoms with Gasteiger partial charge in [-0.3, -0.25) is 5.26 Å². The molecule has 9 unspecified atom stereocenters. The number of anilines is 2. The Balaban J connectivity index is 1.16. The summed E-state index contributed by atoms with van der Waals surface area (Å²) in [5, 5.41) is 9.90. The predicted molar refractivity (Wildman–Crippen MR) is 179 cm³/mol. The van der Waals surface area contributed by atoms with E-state index in [0.29, 0.717) is 35.2 Å². The minimum Gasteiger partial charge on any atom is -0.462 e. The van der Waals surface area contributed by atoms with Crippen LogP contribution >= 0.6 is 0 Å². The molecule has 1 aromatic carbocycles. The minimum absolute atomic E-state index is 0.248. The molecule has 4 aliphatic rings. The molecule has 4 aliphatic carbocycles. The predicted octanol–water partition coefficient (Wildman–Crippen LogP) is 9.30. The number of hydrogen-bond donors (Lipinski definition) is 3. The molecule has 44 heavy (non-hydrogen) atoms. The van der Waals surface area contributed by atoms with E-state index >= 15 is 0 Å². The fraction of sp³-hybridized carbons (Fsp3) is 0.763. The standard InChI is InChI=1S/C38H60N2O4/c1-24(2)8-6-9-25(3)32-13-14-33-31-12-11-28-20-26(15-17-37(28,4)34(31)16-18-38(32,33)5)35(44-42)10-7-19-43-36(41)27-21-29(39)23-30(40)22-27/h11,21-26,31-35,42H,6-10,12-20,39-40H2,1-5H3.